The van der Waals surface area contributed by atoms with Gasteiger partial charge in [-0.3, -0.25) is 4.79 Å². The fourth-order valence-corrected chi connectivity index (χ4v) is 4.48. The minimum atomic E-state index is -1.10. The largest absolute Gasteiger partial charge is 0.511 e. The second-order valence-corrected chi connectivity index (χ2v) is 8.12. The molecule has 1 unspecified atom stereocenters. The molecule has 2 heterocycles. The van der Waals surface area contributed by atoms with Crippen LogP contribution in [0.25, 0.3) is 0 Å². The molecule has 2 aliphatic heterocycles. The predicted molar refractivity (Wildman–Crippen MR) is 84.0 cm³/mol. The van der Waals surface area contributed by atoms with Crippen molar-refractivity contribution in [3.63, 3.8) is 0 Å². The highest BCUT2D eigenvalue weighted by atomic mass is 35.5. The maximum absolute atomic E-state index is 12.4. The van der Waals surface area contributed by atoms with Gasteiger partial charge >= 0.3 is 12.1 Å². The van der Waals surface area contributed by atoms with Crippen LogP contribution < -0.4 is 0 Å². The van der Waals surface area contributed by atoms with Gasteiger partial charge in [0.2, 0.25) is 12.2 Å². The van der Waals surface area contributed by atoms with E-state index in [0.29, 0.717) is 6.42 Å². The third kappa shape index (κ3) is 3.52. The first-order chi connectivity index (χ1) is 10.7. The van der Waals surface area contributed by atoms with Crippen molar-refractivity contribution in [2.45, 2.75) is 61.9 Å². The topological polar surface area (TPSA) is 82.1 Å². The lowest BCUT2D eigenvalue weighted by Gasteiger charge is -2.41. The van der Waals surface area contributed by atoms with Crippen LogP contribution in [0.5, 0.6) is 0 Å². The summed E-state index contributed by atoms with van der Waals surface area (Å²) in [4.78, 5) is 37.1. The molecule has 2 rings (SSSR count). The van der Waals surface area contributed by atoms with Crippen LogP contribution in [0.3, 0.4) is 0 Å². The van der Waals surface area contributed by atoms with Gasteiger partial charge in [-0.1, -0.05) is 6.92 Å². The smallest absolute Gasteiger partial charge is 0.434 e. The number of nitrogens with zero attached hydrogens (tertiary/aromatic N) is 1. The lowest BCUT2D eigenvalue weighted by molar-refractivity contribution is -0.179. The first-order valence-corrected chi connectivity index (χ1v) is 8.68. The monoisotopic (exact) mass is 365 g/mol. The lowest BCUT2D eigenvalue weighted by atomic mass is 9.98. The van der Waals surface area contributed by atoms with E-state index < -0.39 is 34.6 Å². The van der Waals surface area contributed by atoms with Crippen LogP contribution in [0.4, 0.5) is 4.79 Å². The number of hydrogen-bond acceptors (Lipinski definition) is 7. The maximum Gasteiger partial charge on any atom is 0.511 e. The SMILES string of the molecule is CCCOC(=O)OC(C)OC(=O)[C@@H]1N2C(=O)[C@@H](Cl)[C@H]2SC1(C)C. The third-order valence-electron chi connectivity index (χ3n) is 3.57. The van der Waals surface area contributed by atoms with Gasteiger partial charge in [-0.2, -0.15) is 0 Å². The highest BCUT2D eigenvalue weighted by molar-refractivity contribution is 8.01. The van der Waals surface area contributed by atoms with Crippen LogP contribution >= 0.6 is 23.4 Å². The molecule has 23 heavy (non-hydrogen) atoms. The number of alkyl halides is 1. The van der Waals surface area contributed by atoms with Gasteiger partial charge in [0.15, 0.2) is 0 Å². The Morgan fingerprint density at radius 1 is 1.39 bits per heavy atom. The molecule has 0 bridgehead atoms. The highest BCUT2D eigenvalue weighted by Crippen LogP contribution is 2.52. The Bertz CT molecular complexity index is 513. The van der Waals surface area contributed by atoms with E-state index in [-0.39, 0.29) is 17.9 Å². The number of carbonyl (C=O) groups is 3. The Labute approximate surface area is 143 Å². The van der Waals surface area contributed by atoms with E-state index in [2.05, 4.69) is 0 Å². The van der Waals surface area contributed by atoms with Crippen molar-refractivity contribution in [2.24, 2.45) is 0 Å². The Kier molecular flexibility index (Phi) is 5.35. The summed E-state index contributed by atoms with van der Waals surface area (Å²) >= 11 is 7.43. The second-order valence-electron chi connectivity index (χ2n) is 5.88. The zero-order chi connectivity index (χ0) is 17.4. The lowest BCUT2D eigenvalue weighted by Crippen LogP contribution is -2.64. The van der Waals surface area contributed by atoms with Crippen molar-refractivity contribution < 1.29 is 28.6 Å². The second kappa shape index (κ2) is 6.76. The normalized spacial score (nSPS) is 29.3. The molecule has 7 nitrogen and oxygen atoms in total. The summed E-state index contributed by atoms with van der Waals surface area (Å²) in [6.07, 6.45) is -1.34. The number of amides is 1. The van der Waals surface area contributed by atoms with Crippen molar-refractivity contribution in [2.75, 3.05) is 6.61 Å². The first-order valence-electron chi connectivity index (χ1n) is 7.37. The first kappa shape index (κ1) is 18.2. The number of β-lactam (4-membered cyclic amide) rings is 1. The van der Waals surface area contributed by atoms with Crippen LogP contribution in [0.2, 0.25) is 0 Å². The Morgan fingerprint density at radius 2 is 2.04 bits per heavy atom. The van der Waals surface area contributed by atoms with Gasteiger partial charge in [-0.05, 0) is 20.3 Å². The van der Waals surface area contributed by atoms with Crippen LogP contribution in [0, 0.1) is 0 Å². The molecule has 1 amide bonds. The number of ether oxygens (including phenoxy) is 3. The van der Waals surface area contributed by atoms with E-state index in [9.17, 15) is 14.4 Å². The zero-order valence-electron chi connectivity index (χ0n) is 13.4. The summed E-state index contributed by atoms with van der Waals surface area (Å²) in [5.74, 6) is -0.912. The molecule has 0 N–H and O–H groups in total. The van der Waals surface area contributed by atoms with Gasteiger partial charge in [-0.15, -0.1) is 23.4 Å². The summed E-state index contributed by atoms with van der Waals surface area (Å²) in [5, 5.41) is -0.850. The molecule has 130 valence electrons. The molecule has 0 aromatic rings. The standard InChI is InChI=1S/C14H20ClNO6S/c1-5-6-20-13(19)22-7(2)21-12(18)9-14(3,4)23-11-8(15)10(17)16(9)11/h7-9,11H,5-6H2,1-4H3/t7?,8-,9+,11-/m1/s1. The number of halogens is 1. The van der Waals surface area contributed by atoms with Gasteiger partial charge in [0, 0.05) is 11.7 Å². The number of esters is 1. The minimum absolute atomic E-state index is 0.229. The predicted octanol–water partition coefficient (Wildman–Crippen LogP) is 2.11. The van der Waals surface area contributed by atoms with E-state index in [1.54, 1.807) is 0 Å². The van der Waals surface area contributed by atoms with Crippen molar-refractivity contribution >= 4 is 41.4 Å². The van der Waals surface area contributed by atoms with Crippen LogP contribution in [-0.2, 0) is 23.8 Å². The van der Waals surface area contributed by atoms with Gasteiger partial charge < -0.3 is 19.1 Å². The van der Waals surface area contributed by atoms with E-state index >= 15 is 0 Å². The van der Waals surface area contributed by atoms with Crippen molar-refractivity contribution in [1.29, 1.82) is 0 Å². The van der Waals surface area contributed by atoms with Gasteiger partial charge in [0.1, 0.15) is 16.8 Å². The molecule has 0 aromatic heterocycles. The van der Waals surface area contributed by atoms with Crippen molar-refractivity contribution in [3.05, 3.63) is 0 Å². The molecule has 2 fully saturated rings. The number of carbonyl (C=O) groups excluding carboxylic acids is 3. The average molecular weight is 366 g/mol. The number of hydrogen-bond donors (Lipinski definition) is 0. The van der Waals surface area contributed by atoms with E-state index in [1.165, 1.54) is 23.6 Å². The molecular weight excluding hydrogens is 346 g/mol. The average Bonchev–Trinajstić information content (AvgIpc) is 2.73. The van der Waals surface area contributed by atoms with E-state index in [0.717, 1.165) is 0 Å². The molecule has 4 atom stereocenters. The number of rotatable bonds is 5. The summed E-state index contributed by atoms with van der Waals surface area (Å²) in [5.41, 5.74) is 0. The summed E-state index contributed by atoms with van der Waals surface area (Å²) in [6, 6.07) is -0.766. The molecule has 0 radical (unpaired) electrons. The summed E-state index contributed by atoms with van der Waals surface area (Å²) in [7, 11) is 0. The minimum Gasteiger partial charge on any atom is -0.434 e. The summed E-state index contributed by atoms with van der Waals surface area (Å²) in [6.45, 7) is 7.19. The van der Waals surface area contributed by atoms with Gasteiger partial charge in [0.25, 0.3) is 0 Å². The van der Waals surface area contributed by atoms with Gasteiger partial charge in [0.05, 0.1) is 6.61 Å². The molecule has 2 saturated heterocycles. The van der Waals surface area contributed by atoms with Crippen LogP contribution in [0.15, 0.2) is 0 Å². The fraction of sp³-hybridized carbons (Fsp3) is 0.786. The molecule has 0 aliphatic carbocycles. The molecular formula is C14H20ClNO6S. The molecule has 0 spiro atoms. The van der Waals surface area contributed by atoms with Crippen molar-refractivity contribution in [1.82, 2.24) is 4.90 Å². The molecule has 9 heteroatoms. The van der Waals surface area contributed by atoms with Crippen LogP contribution in [0.1, 0.15) is 34.1 Å². The maximum atomic E-state index is 12.4. The fourth-order valence-electron chi connectivity index (χ4n) is 2.55. The zero-order valence-corrected chi connectivity index (χ0v) is 15.0. The number of fused-ring (bicyclic) bond motifs is 1. The quantitative estimate of drug-likeness (QED) is 0.319. The van der Waals surface area contributed by atoms with Crippen molar-refractivity contribution in [3.8, 4) is 0 Å². The van der Waals surface area contributed by atoms with Gasteiger partial charge in [-0.25, -0.2) is 9.59 Å². The summed E-state index contributed by atoms with van der Waals surface area (Å²) < 4.78 is 14.2. The van der Waals surface area contributed by atoms with E-state index in [1.807, 2.05) is 20.8 Å². The number of thioether (sulfide) groups is 1. The Hall–Kier alpha value is -1.15. The van der Waals surface area contributed by atoms with Crippen LogP contribution in [-0.4, -0.2) is 57.4 Å². The molecule has 0 saturated carbocycles. The Morgan fingerprint density at radius 3 is 2.65 bits per heavy atom. The highest BCUT2D eigenvalue weighted by Gasteiger charge is 2.63. The third-order valence-corrected chi connectivity index (χ3v) is 5.71. The van der Waals surface area contributed by atoms with E-state index in [4.69, 9.17) is 25.8 Å². The molecule has 0 aromatic carbocycles. The molecule has 2 aliphatic rings. The Balaban J connectivity index is 1.94.